The lowest BCUT2D eigenvalue weighted by Gasteiger charge is -2.19. The normalized spacial score (nSPS) is 15.8. The second-order valence-corrected chi connectivity index (χ2v) is 4.69. The minimum Gasteiger partial charge on any atom is -0.272 e. The fraction of sp³-hybridized carbons (Fsp3) is 0.583. The largest absolute Gasteiger partial charge is 0.452 e. The molecule has 0 atom stereocenters. The maximum absolute atomic E-state index is 13.0. The van der Waals surface area contributed by atoms with Gasteiger partial charge in [-0.05, 0) is 32.1 Å². The standard InChI is InChI=1S/C12H13F3N4/c1-2-7-10-17-18-11(12(13,14)15)19(10)9-6-4-3-5-8(9)16-7/h2-6H2,1H3. The highest BCUT2D eigenvalue weighted by Gasteiger charge is 2.38. The van der Waals surface area contributed by atoms with E-state index in [2.05, 4.69) is 15.2 Å². The first kappa shape index (κ1) is 12.4. The van der Waals surface area contributed by atoms with Gasteiger partial charge in [-0.25, -0.2) is 0 Å². The van der Waals surface area contributed by atoms with Crippen LogP contribution < -0.4 is 0 Å². The van der Waals surface area contributed by atoms with Crippen molar-refractivity contribution in [2.75, 3.05) is 0 Å². The van der Waals surface area contributed by atoms with Crippen LogP contribution in [-0.4, -0.2) is 19.6 Å². The molecule has 0 aliphatic heterocycles. The summed E-state index contributed by atoms with van der Waals surface area (Å²) in [5.41, 5.74) is 2.22. The lowest BCUT2D eigenvalue weighted by atomic mass is 10.00. The Hall–Kier alpha value is -1.66. The molecule has 0 saturated carbocycles. The summed E-state index contributed by atoms with van der Waals surface area (Å²) in [7, 11) is 0. The molecule has 2 aromatic heterocycles. The van der Waals surface area contributed by atoms with Crippen LogP contribution in [0.5, 0.6) is 0 Å². The quantitative estimate of drug-likeness (QED) is 0.800. The molecule has 2 heterocycles. The second-order valence-electron chi connectivity index (χ2n) is 4.69. The highest BCUT2D eigenvalue weighted by atomic mass is 19.4. The minimum atomic E-state index is -4.49. The first-order chi connectivity index (χ1) is 9.02. The molecule has 0 N–H and O–H groups in total. The number of aromatic nitrogens is 4. The Balaban J connectivity index is 2.37. The van der Waals surface area contributed by atoms with Crippen LogP contribution in [0.25, 0.3) is 5.65 Å². The van der Waals surface area contributed by atoms with E-state index in [1.165, 1.54) is 4.40 Å². The Morgan fingerprint density at radius 3 is 2.58 bits per heavy atom. The smallest absolute Gasteiger partial charge is 0.272 e. The number of hydrogen-bond acceptors (Lipinski definition) is 3. The molecule has 0 radical (unpaired) electrons. The van der Waals surface area contributed by atoms with Crippen LogP contribution in [0.1, 0.15) is 42.7 Å². The zero-order chi connectivity index (χ0) is 13.6. The van der Waals surface area contributed by atoms with E-state index in [9.17, 15) is 13.2 Å². The molecule has 4 nitrogen and oxygen atoms in total. The summed E-state index contributed by atoms with van der Waals surface area (Å²) in [5.74, 6) is -0.933. The maximum atomic E-state index is 13.0. The Bertz CT molecular complexity index is 630. The Morgan fingerprint density at radius 1 is 1.16 bits per heavy atom. The third-order valence-corrected chi connectivity index (χ3v) is 3.46. The van der Waals surface area contributed by atoms with E-state index in [1.807, 2.05) is 6.92 Å². The van der Waals surface area contributed by atoms with Crippen molar-refractivity contribution < 1.29 is 13.2 Å². The highest BCUT2D eigenvalue weighted by molar-refractivity contribution is 5.47. The SMILES string of the molecule is CCc1nc2c(n3c(C(F)(F)F)nnc13)CCCC2. The summed E-state index contributed by atoms with van der Waals surface area (Å²) in [4.78, 5) is 4.46. The molecular formula is C12H13F3N4. The van der Waals surface area contributed by atoms with Gasteiger partial charge in [0.15, 0.2) is 5.65 Å². The monoisotopic (exact) mass is 270 g/mol. The summed E-state index contributed by atoms with van der Waals surface area (Å²) in [6.45, 7) is 1.86. The highest BCUT2D eigenvalue weighted by Crippen LogP contribution is 2.31. The van der Waals surface area contributed by atoms with Crippen molar-refractivity contribution in [3.8, 4) is 0 Å². The lowest BCUT2D eigenvalue weighted by molar-refractivity contribution is -0.145. The molecule has 102 valence electrons. The predicted molar refractivity (Wildman–Crippen MR) is 61.8 cm³/mol. The van der Waals surface area contributed by atoms with Crippen molar-refractivity contribution in [2.24, 2.45) is 0 Å². The summed E-state index contributed by atoms with van der Waals surface area (Å²) in [6, 6.07) is 0. The molecule has 0 spiro atoms. The van der Waals surface area contributed by atoms with Crippen molar-refractivity contribution in [3.63, 3.8) is 0 Å². The molecule has 1 aliphatic rings. The molecule has 7 heteroatoms. The molecule has 0 aromatic carbocycles. The van der Waals surface area contributed by atoms with Gasteiger partial charge in [0.2, 0.25) is 5.82 Å². The van der Waals surface area contributed by atoms with Gasteiger partial charge in [-0.3, -0.25) is 9.38 Å². The fourth-order valence-corrected chi connectivity index (χ4v) is 2.60. The first-order valence-electron chi connectivity index (χ1n) is 6.35. The van der Waals surface area contributed by atoms with Gasteiger partial charge in [0.1, 0.15) is 0 Å². The Morgan fingerprint density at radius 2 is 1.89 bits per heavy atom. The molecule has 0 fully saturated rings. The summed E-state index contributed by atoms with van der Waals surface area (Å²) in [5, 5.41) is 7.03. The van der Waals surface area contributed by atoms with Gasteiger partial charge in [-0.1, -0.05) is 6.92 Å². The van der Waals surface area contributed by atoms with E-state index < -0.39 is 12.0 Å². The van der Waals surface area contributed by atoms with Gasteiger partial charge in [-0.15, -0.1) is 10.2 Å². The minimum absolute atomic E-state index is 0.246. The van der Waals surface area contributed by atoms with E-state index >= 15 is 0 Å². The zero-order valence-corrected chi connectivity index (χ0v) is 10.5. The first-order valence-corrected chi connectivity index (χ1v) is 6.35. The van der Waals surface area contributed by atoms with Crippen LogP contribution in [-0.2, 0) is 25.4 Å². The van der Waals surface area contributed by atoms with Crippen LogP contribution >= 0.6 is 0 Å². The predicted octanol–water partition coefficient (Wildman–Crippen LogP) is 2.58. The molecule has 0 unspecified atom stereocenters. The van der Waals surface area contributed by atoms with Gasteiger partial charge in [0.25, 0.3) is 0 Å². The van der Waals surface area contributed by atoms with E-state index in [0.29, 0.717) is 24.2 Å². The third-order valence-electron chi connectivity index (χ3n) is 3.46. The zero-order valence-electron chi connectivity index (χ0n) is 10.5. The van der Waals surface area contributed by atoms with E-state index in [1.54, 1.807) is 0 Å². The fourth-order valence-electron chi connectivity index (χ4n) is 2.60. The van der Waals surface area contributed by atoms with Crippen molar-refractivity contribution in [1.29, 1.82) is 0 Å². The van der Waals surface area contributed by atoms with Crippen LogP contribution in [0.2, 0.25) is 0 Å². The van der Waals surface area contributed by atoms with Gasteiger partial charge < -0.3 is 0 Å². The van der Waals surface area contributed by atoms with Gasteiger partial charge in [0.05, 0.1) is 11.4 Å². The number of nitrogens with zero attached hydrogens (tertiary/aromatic N) is 4. The van der Waals surface area contributed by atoms with Crippen LogP contribution in [0.15, 0.2) is 0 Å². The number of alkyl halides is 3. The Labute approximate surface area is 107 Å². The number of aryl methyl sites for hydroxylation is 3. The molecule has 1 aliphatic carbocycles. The molecule has 0 saturated heterocycles. The van der Waals surface area contributed by atoms with Gasteiger partial charge in [0, 0.05) is 5.69 Å². The maximum Gasteiger partial charge on any atom is 0.452 e. The molecule has 0 amide bonds. The molecule has 2 aromatic rings. The van der Waals surface area contributed by atoms with E-state index in [-0.39, 0.29) is 5.65 Å². The second kappa shape index (κ2) is 4.18. The number of halogens is 3. The third kappa shape index (κ3) is 1.87. The number of rotatable bonds is 1. The van der Waals surface area contributed by atoms with Crippen molar-refractivity contribution in [1.82, 2.24) is 19.6 Å². The summed E-state index contributed by atoms with van der Waals surface area (Å²) >= 11 is 0. The summed E-state index contributed by atoms with van der Waals surface area (Å²) in [6.07, 6.45) is -0.760. The van der Waals surface area contributed by atoms with Crippen LogP contribution in [0.3, 0.4) is 0 Å². The van der Waals surface area contributed by atoms with E-state index in [0.717, 1.165) is 25.0 Å². The molecule has 3 rings (SSSR count). The molecule has 0 bridgehead atoms. The van der Waals surface area contributed by atoms with Crippen molar-refractivity contribution >= 4 is 5.65 Å². The Kier molecular flexibility index (Phi) is 2.72. The topological polar surface area (TPSA) is 43.1 Å². The average Bonchev–Trinajstić information content (AvgIpc) is 2.82. The van der Waals surface area contributed by atoms with Gasteiger partial charge in [-0.2, -0.15) is 13.2 Å². The van der Waals surface area contributed by atoms with Crippen molar-refractivity contribution in [2.45, 2.75) is 45.2 Å². The lowest BCUT2D eigenvalue weighted by Crippen LogP contribution is -2.18. The van der Waals surface area contributed by atoms with Gasteiger partial charge >= 0.3 is 6.18 Å². The molecular weight excluding hydrogens is 257 g/mol. The van der Waals surface area contributed by atoms with Crippen molar-refractivity contribution in [3.05, 3.63) is 22.9 Å². The van der Waals surface area contributed by atoms with E-state index in [4.69, 9.17) is 0 Å². The average molecular weight is 270 g/mol. The van der Waals surface area contributed by atoms with Crippen LogP contribution in [0, 0.1) is 0 Å². The number of hydrogen-bond donors (Lipinski definition) is 0. The number of fused-ring (bicyclic) bond motifs is 3. The molecule has 19 heavy (non-hydrogen) atoms. The summed E-state index contributed by atoms with van der Waals surface area (Å²) < 4.78 is 40.2. The van der Waals surface area contributed by atoms with Crippen LogP contribution in [0.4, 0.5) is 13.2 Å².